The van der Waals surface area contributed by atoms with Gasteiger partial charge in [-0.15, -0.1) is 0 Å². The van der Waals surface area contributed by atoms with Gasteiger partial charge in [0, 0.05) is 0 Å². The van der Waals surface area contributed by atoms with Crippen molar-refractivity contribution in [3.63, 3.8) is 0 Å². The largest absolute Gasteiger partial charge is 0.299 e. The smallest absolute Gasteiger partial charge is 0.143 e. The summed E-state index contributed by atoms with van der Waals surface area (Å²) in [5.41, 5.74) is 0. The molecule has 0 rings (SSSR count). The van der Waals surface area contributed by atoms with Crippen LogP contribution in [-0.4, -0.2) is 6.29 Å². The SMILES string of the molecule is C/C=C\C#CC#C/C=C\C=O. The Morgan fingerprint density at radius 2 is 1.73 bits per heavy atom. The van der Waals surface area contributed by atoms with Crippen LogP contribution in [0.4, 0.5) is 0 Å². The summed E-state index contributed by atoms with van der Waals surface area (Å²) >= 11 is 0. The summed E-state index contributed by atoms with van der Waals surface area (Å²) in [6.07, 6.45) is 6.99. The number of aldehydes is 1. The number of rotatable bonds is 1. The molecule has 0 aliphatic heterocycles. The lowest BCUT2D eigenvalue weighted by molar-refractivity contribution is -0.104. The van der Waals surface area contributed by atoms with Crippen molar-refractivity contribution in [3.8, 4) is 23.7 Å². The first-order chi connectivity index (χ1) is 5.41. The number of hydrogen-bond acceptors (Lipinski definition) is 1. The molecule has 0 saturated carbocycles. The van der Waals surface area contributed by atoms with Gasteiger partial charge >= 0.3 is 0 Å². The summed E-state index contributed by atoms with van der Waals surface area (Å²) in [6.45, 7) is 1.88. The molecule has 0 bridgehead atoms. The van der Waals surface area contributed by atoms with Gasteiger partial charge in [-0.05, 0) is 37.0 Å². The minimum atomic E-state index is 0.675. The summed E-state index contributed by atoms with van der Waals surface area (Å²) in [5, 5.41) is 0. The fourth-order valence-electron chi connectivity index (χ4n) is 0.326. The maximum atomic E-state index is 9.74. The first-order valence-corrected chi connectivity index (χ1v) is 3.14. The molecule has 0 amide bonds. The number of carbonyl (C=O) groups excluding carboxylic acids is 1. The normalized spacial score (nSPS) is 8.45. The molecule has 0 radical (unpaired) electrons. The Hall–Kier alpha value is -1.73. The molecule has 0 atom stereocenters. The Morgan fingerprint density at radius 3 is 2.27 bits per heavy atom. The Morgan fingerprint density at radius 1 is 1.09 bits per heavy atom. The van der Waals surface area contributed by atoms with Gasteiger partial charge in [0.05, 0.1) is 0 Å². The zero-order valence-electron chi connectivity index (χ0n) is 6.29. The van der Waals surface area contributed by atoms with Gasteiger partial charge in [-0.25, -0.2) is 0 Å². The van der Waals surface area contributed by atoms with Crippen LogP contribution in [0.15, 0.2) is 24.3 Å². The lowest BCUT2D eigenvalue weighted by Crippen LogP contribution is -1.56. The minimum absolute atomic E-state index is 0.675. The average Bonchev–Trinajstić information content (AvgIpc) is 2.03. The average molecular weight is 144 g/mol. The van der Waals surface area contributed by atoms with Gasteiger partial charge in [0.15, 0.2) is 0 Å². The highest BCUT2D eigenvalue weighted by Crippen LogP contribution is 1.65. The first-order valence-electron chi connectivity index (χ1n) is 3.14. The van der Waals surface area contributed by atoms with Crippen molar-refractivity contribution < 1.29 is 4.79 Å². The topological polar surface area (TPSA) is 17.1 Å². The number of carbonyl (C=O) groups is 1. The van der Waals surface area contributed by atoms with E-state index in [0.717, 1.165) is 0 Å². The molecule has 0 aromatic heterocycles. The summed E-state index contributed by atoms with van der Waals surface area (Å²) in [7, 11) is 0. The molecule has 0 unspecified atom stereocenters. The van der Waals surface area contributed by atoms with Crippen LogP contribution in [0.1, 0.15) is 6.92 Å². The van der Waals surface area contributed by atoms with Crippen LogP contribution in [0.5, 0.6) is 0 Å². The van der Waals surface area contributed by atoms with Crippen molar-refractivity contribution in [1.29, 1.82) is 0 Å². The van der Waals surface area contributed by atoms with Gasteiger partial charge in [0.2, 0.25) is 0 Å². The van der Waals surface area contributed by atoms with Crippen molar-refractivity contribution in [2.24, 2.45) is 0 Å². The lowest BCUT2D eigenvalue weighted by Gasteiger charge is -1.60. The second-order valence-electron chi connectivity index (χ2n) is 1.53. The van der Waals surface area contributed by atoms with Crippen LogP contribution in [0.2, 0.25) is 0 Å². The van der Waals surface area contributed by atoms with Crippen LogP contribution < -0.4 is 0 Å². The quantitative estimate of drug-likeness (QED) is 0.308. The maximum absolute atomic E-state index is 9.74. The lowest BCUT2D eigenvalue weighted by atomic mass is 10.4. The van der Waals surface area contributed by atoms with Crippen molar-refractivity contribution in [1.82, 2.24) is 0 Å². The Balaban J connectivity index is 3.83. The van der Waals surface area contributed by atoms with Crippen molar-refractivity contribution in [2.45, 2.75) is 6.92 Å². The maximum Gasteiger partial charge on any atom is 0.143 e. The summed E-state index contributed by atoms with van der Waals surface area (Å²) < 4.78 is 0. The van der Waals surface area contributed by atoms with Crippen molar-refractivity contribution >= 4 is 6.29 Å². The molecule has 0 aliphatic carbocycles. The fourth-order valence-corrected chi connectivity index (χ4v) is 0.326. The van der Waals surface area contributed by atoms with Gasteiger partial charge in [-0.3, -0.25) is 4.79 Å². The van der Waals surface area contributed by atoms with E-state index >= 15 is 0 Å². The predicted molar refractivity (Wildman–Crippen MR) is 45.6 cm³/mol. The van der Waals surface area contributed by atoms with Gasteiger partial charge in [-0.1, -0.05) is 17.9 Å². The van der Waals surface area contributed by atoms with E-state index in [1.54, 1.807) is 6.08 Å². The van der Waals surface area contributed by atoms with E-state index in [2.05, 4.69) is 23.7 Å². The van der Waals surface area contributed by atoms with Crippen LogP contribution >= 0.6 is 0 Å². The van der Waals surface area contributed by atoms with Gasteiger partial charge < -0.3 is 0 Å². The van der Waals surface area contributed by atoms with Crippen molar-refractivity contribution in [2.75, 3.05) is 0 Å². The third kappa shape index (κ3) is 8.27. The molecule has 0 aromatic rings. The molecular formula is C10H8O. The molecule has 0 heterocycles. The van der Waals surface area contributed by atoms with E-state index in [-0.39, 0.29) is 0 Å². The Labute approximate surface area is 66.8 Å². The Kier molecular flexibility index (Phi) is 6.97. The molecule has 0 saturated heterocycles. The van der Waals surface area contributed by atoms with Crippen LogP contribution in [0.25, 0.3) is 0 Å². The van der Waals surface area contributed by atoms with E-state index in [1.165, 1.54) is 12.2 Å². The molecule has 0 N–H and O–H groups in total. The predicted octanol–water partition coefficient (Wildman–Crippen LogP) is 1.32. The van der Waals surface area contributed by atoms with Gasteiger partial charge in [0.25, 0.3) is 0 Å². The third-order valence-corrected chi connectivity index (χ3v) is 0.715. The molecule has 0 spiro atoms. The standard InChI is InChI=1S/C10H8O/c1-2-3-4-5-6-7-8-9-10-11/h2-3,8-10H,1H3/b3-2-,9-8-. The van der Waals surface area contributed by atoms with Crippen LogP contribution in [-0.2, 0) is 4.79 Å². The second-order valence-corrected chi connectivity index (χ2v) is 1.53. The van der Waals surface area contributed by atoms with Gasteiger partial charge in [0.1, 0.15) is 6.29 Å². The van der Waals surface area contributed by atoms with Gasteiger partial charge in [-0.2, -0.15) is 0 Å². The molecule has 54 valence electrons. The molecular weight excluding hydrogens is 136 g/mol. The molecule has 0 aromatic carbocycles. The summed E-state index contributed by atoms with van der Waals surface area (Å²) in [5.74, 6) is 10.4. The molecule has 0 fully saturated rings. The molecule has 1 nitrogen and oxygen atoms in total. The first kappa shape index (κ1) is 9.27. The zero-order chi connectivity index (χ0) is 8.36. The second kappa shape index (κ2) is 8.27. The Bertz CT molecular complexity index is 273. The van der Waals surface area contributed by atoms with E-state index in [9.17, 15) is 4.79 Å². The molecule has 0 aliphatic rings. The van der Waals surface area contributed by atoms with Crippen molar-refractivity contribution in [3.05, 3.63) is 24.3 Å². The highest BCUT2D eigenvalue weighted by molar-refractivity contribution is 5.65. The van der Waals surface area contributed by atoms with Crippen LogP contribution in [0, 0.1) is 23.7 Å². The van der Waals surface area contributed by atoms with E-state index < -0.39 is 0 Å². The summed E-state index contributed by atoms with van der Waals surface area (Å²) in [6, 6.07) is 0. The summed E-state index contributed by atoms with van der Waals surface area (Å²) in [4.78, 5) is 9.74. The minimum Gasteiger partial charge on any atom is -0.299 e. The number of allylic oxidation sites excluding steroid dienone is 4. The highest BCUT2D eigenvalue weighted by Gasteiger charge is 1.57. The van der Waals surface area contributed by atoms with E-state index in [1.807, 2.05) is 13.0 Å². The van der Waals surface area contributed by atoms with E-state index in [0.29, 0.717) is 6.29 Å². The third-order valence-electron chi connectivity index (χ3n) is 0.715. The van der Waals surface area contributed by atoms with Crippen LogP contribution in [0.3, 0.4) is 0 Å². The highest BCUT2D eigenvalue weighted by atomic mass is 16.1. The zero-order valence-corrected chi connectivity index (χ0v) is 6.29. The monoisotopic (exact) mass is 144 g/mol. The molecule has 1 heteroatoms. The fraction of sp³-hybridized carbons (Fsp3) is 0.100. The molecule has 11 heavy (non-hydrogen) atoms. The number of hydrogen-bond donors (Lipinski definition) is 0. The van der Waals surface area contributed by atoms with E-state index in [4.69, 9.17) is 0 Å².